The zero-order valence-corrected chi connectivity index (χ0v) is 18.7. The normalized spacial score (nSPS) is 22.7. The average Bonchev–Trinajstić information content (AvgIpc) is 3.53. The van der Waals surface area contributed by atoms with Crippen LogP contribution in [0.2, 0.25) is 0 Å². The minimum Gasteiger partial charge on any atom is -0.467 e. The van der Waals surface area contributed by atoms with Crippen LogP contribution in [0.15, 0.2) is 41.3 Å². The first kappa shape index (κ1) is 21.7. The van der Waals surface area contributed by atoms with Crippen molar-refractivity contribution in [3.8, 4) is 10.6 Å². The fourth-order valence-electron chi connectivity index (χ4n) is 4.10. The summed E-state index contributed by atoms with van der Waals surface area (Å²) < 4.78 is 6.36. The van der Waals surface area contributed by atoms with Gasteiger partial charge in [0.05, 0.1) is 47.1 Å². The number of aromatic nitrogens is 4. The van der Waals surface area contributed by atoms with Crippen LogP contribution in [0.3, 0.4) is 0 Å². The van der Waals surface area contributed by atoms with Crippen molar-refractivity contribution in [2.75, 3.05) is 17.2 Å². The largest absolute Gasteiger partial charge is 0.467 e. The van der Waals surface area contributed by atoms with Crippen LogP contribution in [0.5, 0.6) is 0 Å². The smallest absolute Gasteiger partial charge is 0.225 e. The van der Waals surface area contributed by atoms with Crippen LogP contribution >= 0.6 is 11.3 Å². The minimum absolute atomic E-state index is 0.202. The third kappa shape index (κ3) is 4.27. The fourth-order valence-corrected chi connectivity index (χ4v) is 5.13. The zero-order chi connectivity index (χ0) is 22.9. The standard InChI is InChI=1S/C22H24N6O4S/c1-11-17(21-27-15-9-23-5-4-16(15)33-21)20(26-14-7-12(10-29)18(30)19(14)31)28-22(25-11)24-8-13-3-2-6-32-13/h2-6,9,12,14,18-19,29-31H,7-8,10H2,1H3,(H2,24,25,26,28)/t12-,14-,18-,19+/m1/s1. The second kappa shape index (κ2) is 9.02. The maximum Gasteiger partial charge on any atom is 0.225 e. The van der Waals surface area contributed by atoms with Crippen molar-refractivity contribution in [3.05, 3.63) is 48.3 Å². The Balaban J connectivity index is 1.52. The van der Waals surface area contributed by atoms with Gasteiger partial charge < -0.3 is 30.4 Å². The molecule has 4 aromatic heterocycles. The van der Waals surface area contributed by atoms with E-state index in [0.717, 1.165) is 21.0 Å². The predicted molar refractivity (Wildman–Crippen MR) is 124 cm³/mol. The molecule has 0 bridgehead atoms. The Morgan fingerprint density at radius 1 is 1.18 bits per heavy atom. The van der Waals surface area contributed by atoms with Crippen LogP contribution in [0.1, 0.15) is 17.9 Å². The van der Waals surface area contributed by atoms with Gasteiger partial charge in [-0.15, -0.1) is 11.3 Å². The number of rotatable bonds is 7. The number of fused-ring (bicyclic) bond motifs is 1. The van der Waals surface area contributed by atoms with Gasteiger partial charge >= 0.3 is 0 Å². The molecule has 5 N–H and O–H groups in total. The summed E-state index contributed by atoms with van der Waals surface area (Å²) in [6.45, 7) is 2.09. The third-order valence-electron chi connectivity index (χ3n) is 5.85. The summed E-state index contributed by atoms with van der Waals surface area (Å²) in [5.74, 6) is 1.22. The Hall–Kier alpha value is -3.12. The van der Waals surface area contributed by atoms with E-state index >= 15 is 0 Å². The van der Waals surface area contributed by atoms with E-state index in [2.05, 4.69) is 25.6 Å². The molecule has 4 atom stereocenters. The molecular weight excluding hydrogens is 444 g/mol. The van der Waals surface area contributed by atoms with Crippen LogP contribution in [0.4, 0.5) is 11.8 Å². The number of nitrogens with one attached hydrogen (secondary N) is 2. The maximum atomic E-state index is 10.5. The molecule has 1 saturated carbocycles. The summed E-state index contributed by atoms with van der Waals surface area (Å²) in [6.07, 6.45) is 3.39. The van der Waals surface area contributed by atoms with Gasteiger partial charge in [-0.1, -0.05) is 0 Å². The van der Waals surface area contributed by atoms with E-state index in [1.54, 1.807) is 18.7 Å². The van der Waals surface area contributed by atoms with Crippen molar-refractivity contribution in [2.24, 2.45) is 5.92 Å². The molecule has 1 aliphatic rings. The first-order chi connectivity index (χ1) is 16.0. The van der Waals surface area contributed by atoms with Gasteiger partial charge in [0.25, 0.3) is 0 Å². The molecule has 1 fully saturated rings. The van der Waals surface area contributed by atoms with Crippen LogP contribution in [0, 0.1) is 12.8 Å². The molecule has 0 amide bonds. The Morgan fingerprint density at radius 3 is 2.79 bits per heavy atom. The highest BCUT2D eigenvalue weighted by Gasteiger charge is 2.41. The molecule has 4 aromatic rings. The molecule has 0 unspecified atom stereocenters. The molecular formula is C22H24N6O4S. The Labute approximate surface area is 193 Å². The van der Waals surface area contributed by atoms with Crippen molar-refractivity contribution in [2.45, 2.75) is 38.1 Å². The van der Waals surface area contributed by atoms with Crippen LogP contribution < -0.4 is 10.6 Å². The second-order valence-electron chi connectivity index (χ2n) is 8.06. The number of aliphatic hydroxyl groups is 3. The van der Waals surface area contributed by atoms with Gasteiger partial charge in [0, 0.05) is 18.7 Å². The summed E-state index contributed by atoms with van der Waals surface area (Å²) in [5.41, 5.74) is 2.20. The van der Waals surface area contributed by atoms with Gasteiger partial charge in [-0.2, -0.15) is 4.98 Å². The first-order valence-corrected chi connectivity index (χ1v) is 11.4. The molecule has 1 aliphatic carbocycles. The van der Waals surface area contributed by atoms with Gasteiger partial charge in [-0.05, 0) is 31.5 Å². The summed E-state index contributed by atoms with van der Waals surface area (Å²) >= 11 is 1.50. The van der Waals surface area contributed by atoms with E-state index in [1.165, 1.54) is 11.3 Å². The second-order valence-corrected chi connectivity index (χ2v) is 9.09. The number of hydrogen-bond donors (Lipinski definition) is 5. The number of nitrogens with zero attached hydrogens (tertiary/aromatic N) is 4. The van der Waals surface area contributed by atoms with Crippen molar-refractivity contribution < 1.29 is 19.7 Å². The Morgan fingerprint density at radius 2 is 2.06 bits per heavy atom. The SMILES string of the molecule is Cc1nc(NCc2ccco2)nc(N[C@@H]2C[C@H](CO)[C@@H](O)[C@H]2O)c1-c1nc2cnccc2s1. The maximum absolute atomic E-state index is 10.5. The highest BCUT2D eigenvalue weighted by molar-refractivity contribution is 7.21. The summed E-state index contributed by atoms with van der Waals surface area (Å²) in [4.78, 5) is 18.1. The molecule has 10 nitrogen and oxygen atoms in total. The van der Waals surface area contributed by atoms with E-state index in [4.69, 9.17) is 9.40 Å². The van der Waals surface area contributed by atoms with E-state index in [1.807, 2.05) is 25.1 Å². The number of hydrogen-bond acceptors (Lipinski definition) is 11. The van der Waals surface area contributed by atoms with Crippen molar-refractivity contribution in [1.29, 1.82) is 0 Å². The molecule has 172 valence electrons. The lowest BCUT2D eigenvalue weighted by Crippen LogP contribution is -2.35. The summed E-state index contributed by atoms with van der Waals surface area (Å²) in [7, 11) is 0. The quantitative estimate of drug-likeness (QED) is 0.273. The third-order valence-corrected chi connectivity index (χ3v) is 6.91. The summed E-state index contributed by atoms with van der Waals surface area (Å²) in [5, 5.41) is 37.5. The number of aliphatic hydroxyl groups excluding tert-OH is 3. The lowest BCUT2D eigenvalue weighted by atomic mass is 10.1. The molecule has 0 spiro atoms. The molecule has 5 rings (SSSR count). The van der Waals surface area contributed by atoms with Crippen LogP contribution in [-0.4, -0.2) is 60.1 Å². The summed E-state index contributed by atoms with van der Waals surface area (Å²) in [6, 6.07) is 5.08. The van der Waals surface area contributed by atoms with Gasteiger partial charge in [0.15, 0.2) is 0 Å². The number of furan rings is 1. The highest BCUT2D eigenvalue weighted by atomic mass is 32.1. The predicted octanol–water partition coefficient (Wildman–Crippen LogP) is 2.18. The van der Waals surface area contributed by atoms with Crippen molar-refractivity contribution in [3.63, 3.8) is 0 Å². The number of anilines is 2. The zero-order valence-electron chi connectivity index (χ0n) is 17.8. The van der Waals surface area contributed by atoms with E-state index in [0.29, 0.717) is 36.0 Å². The molecule has 0 aliphatic heterocycles. The van der Waals surface area contributed by atoms with Gasteiger partial charge in [-0.3, -0.25) is 4.98 Å². The van der Waals surface area contributed by atoms with Gasteiger partial charge in [0.1, 0.15) is 28.2 Å². The number of pyridine rings is 1. The Bertz CT molecular complexity index is 1210. The van der Waals surface area contributed by atoms with E-state index < -0.39 is 24.2 Å². The van der Waals surface area contributed by atoms with E-state index in [9.17, 15) is 15.3 Å². The monoisotopic (exact) mass is 468 g/mol. The van der Waals surface area contributed by atoms with Crippen molar-refractivity contribution in [1.82, 2.24) is 19.9 Å². The van der Waals surface area contributed by atoms with Crippen LogP contribution in [0.25, 0.3) is 20.8 Å². The lowest BCUT2D eigenvalue weighted by Gasteiger charge is -2.21. The fraction of sp³-hybridized carbons (Fsp3) is 0.364. The Kier molecular flexibility index (Phi) is 5.94. The minimum atomic E-state index is -1.04. The lowest BCUT2D eigenvalue weighted by molar-refractivity contribution is 0.00446. The van der Waals surface area contributed by atoms with Gasteiger partial charge in [0.2, 0.25) is 5.95 Å². The van der Waals surface area contributed by atoms with Gasteiger partial charge in [-0.25, -0.2) is 9.97 Å². The highest BCUT2D eigenvalue weighted by Crippen LogP contribution is 2.38. The molecule has 0 saturated heterocycles. The van der Waals surface area contributed by atoms with E-state index in [-0.39, 0.29) is 6.61 Å². The molecule has 11 heteroatoms. The topological polar surface area (TPSA) is 149 Å². The number of aryl methyl sites for hydroxylation is 1. The molecule has 0 aromatic carbocycles. The van der Waals surface area contributed by atoms with Crippen LogP contribution in [-0.2, 0) is 6.54 Å². The molecule has 0 radical (unpaired) electrons. The molecule has 33 heavy (non-hydrogen) atoms. The average molecular weight is 469 g/mol. The van der Waals surface area contributed by atoms with Crippen molar-refractivity contribution >= 4 is 33.3 Å². The first-order valence-electron chi connectivity index (χ1n) is 10.6. The number of thiazole rings is 1. The molecule has 4 heterocycles.